The van der Waals surface area contributed by atoms with Crippen LogP contribution in [0.1, 0.15) is 37.4 Å². The average Bonchev–Trinajstić information content (AvgIpc) is 2.54. The maximum Gasteiger partial charge on any atom is 0.335 e. The third kappa shape index (κ3) is 3.32. The predicted molar refractivity (Wildman–Crippen MR) is 87.9 cm³/mol. The van der Waals surface area contributed by atoms with Gasteiger partial charge in [-0.1, -0.05) is 36.4 Å². The molecule has 0 spiro atoms. The molecular formula is C19H19NO3. The van der Waals surface area contributed by atoms with Crippen LogP contribution in [-0.2, 0) is 13.0 Å². The number of carboxylic acid groups (broad SMARTS) is 1. The molecule has 0 unspecified atom stereocenters. The lowest BCUT2D eigenvalue weighted by Crippen LogP contribution is -2.34. The van der Waals surface area contributed by atoms with Gasteiger partial charge in [-0.2, -0.15) is 0 Å². The number of Topliss-reactive ketones (excluding diaryl/α,β-unsaturated/α-hetero) is 1. The van der Waals surface area contributed by atoms with Crippen molar-refractivity contribution in [3.63, 3.8) is 0 Å². The van der Waals surface area contributed by atoms with E-state index in [0.29, 0.717) is 17.7 Å². The number of fused-ring (bicyclic) bond motifs is 1. The summed E-state index contributed by atoms with van der Waals surface area (Å²) in [7, 11) is 0. The van der Waals surface area contributed by atoms with E-state index in [4.69, 9.17) is 0 Å². The van der Waals surface area contributed by atoms with E-state index < -0.39 is 5.97 Å². The molecule has 1 N–H and O–H groups in total. The van der Waals surface area contributed by atoms with Crippen molar-refractivity contribution >= 4 is 11.8 Å². The molecule has 1 aliphatic heterocycles. The normalized spacial score (nSPS) is 14.3. The number of carbonyl (C=O) groups is 2. The van der Waals surface area contributed by atoms with Gasteiger partial charge in [0, 0.05) is 18.7 Å². The fraction of sp³-hybridized carbons (Fsp3) is 0.263. The highest BCUT2D eigenvalue weighted by Gasteiger charge is 2.19. The molecule has 0 fully saturated rings. The van der Waals surface area contributed by atoms with E-state index >= 15 is 0 Å². The second-order valence-corrected chi connectivity index (χ2v) is 5.99. The Morgan fingerprint density at radius 3 is 2.61 bits per heavy atom. The molecule has 0 amide bonds. The second kappa shape index (κ2) is 6.34. The molecule has 4 heteroatoms. The summed E-state index contributed by atoms with van der Waals surface area (Å²) in [5.41, 5.74) is 3.94. The molecule has 0 radical (unpaired) electrons. The van der Waals surface area contributed by atoms with Crippen LogP contribution >= 0.6 is 0 Å². The van der Waals surface area contributed by atoms with Gasteiger partial charge in [0.2, 0.25) is 0 Å². The summed E-state index contributed by atoms with van der Waals surface area (Å²) in [4.78, 5) is 25.8. The van der Waals surface area contributed by atoms with Crippen LogP contribution in [0.2, 0.25) is 0 Å². The number of aryl methyl sites for hydroxylation is 1. The lowest BCUT2D eigenvalue weighted by atomic mass is 9.98. The quantitative estimate of drug-likeness (QED) is 0.882. The summed E-state index contributed by atoms with van der Waals surface area (Å²) in [5.74, 6) is -1.03. The Balaban J connectivity index is 1.73. The molecule has 2 aromatic rings. The van der Waals surface area contributed by atoms with E-state index in [1.54, 1.807) is 19.1 Å². The minimum absolute atomic E-state index is 0.0353. The smallest absolute Gasteiger partial charge is 0.335 e. The zero-order valence-corrected chi connectivity index (χ0v) is 13.1. The topological polar surface area (TPSA) is 57.6 Å². The van der Waals surface area contributed by atoms with E-state index in [2.05, 4.69) is 17.0 Å². The van der Waals surface area contributed by atoms with Gasteiger partial charge in [-0.05, 0) is 36.1 Å². The number of nitrogens with zero attached hydrogens (tertiary/aromatic N) is 1. The van der Waals surface area contributed by atoms with Crippen molar-refractivity contribution < 1.29 is 14.7 Å². The van der Waals surface area contributed by atoms with Crippen molar-refractivity contribution in [1.82, 2.24) is 4.90 Å². The summed E-state index contributed by atoms with van der Waals surface area (Å²) in [5, 5.41) is 9.18. The van der Waals surface area contributed by atoms with E-state index in [9.17, 15) is 14.7 Å². The largest absolute Gasteiger partial charge is 0.478 e. The highest BCUT2D eigenvalue weighted by Crippen LogP contribution is 2.19. The predicted octanol–water partition coefficient (Wildman–Crippen LogP) is 2.93. The minimum Gasteiger partial charge on any atom is -0.478 e. The van der Waals surface area contributed by atoms with Crippen LogP contribution < -0.4 is 0 Å². The molecule has 3 rings (SSSR count). The van der Waals surface area contributed by atoms with E-state index in [1.807, 2.05) is 12.1 Å². The zero-order valence-electron chi connectivity index (χ0n) is 13.1. The Hall–Kier alpha value is -2.46. The highest BCUT2D eigenvalue weighted by molar-refractivity contribution is 6.00. The van der Waals surface area contributed by atoms with Crippen molar-refractivity contribution in [2.75, 3.05) is 13.1 Å². The molecule has 0 saturated carbocycles. The highest BCUT2D eigenvalue weighted by atomic mass is 16.4. The SMILES string of the molecule is Cc1ccc(C(=O)CN2CCc3ccccc3C2)cc1C(=O)O. The van der Waals surface area contributed by atoms with Crippen molar-refractivity contribution in [3.05, 3.63) is 70.3 Å². The van der Waals surface area contributed by atoms with Crippen LogP contribution in [0.3, 0.4) is 0 Å². The standard InChI is InChI=1S/C19H19NO3/c1-13-6-7-15(10-17(13)19(22)23)18(21)12-20-9-8-14-4-2-3-5-16(14)11-20/h2-7,10H,8-9,11-12H2,1H3,(H,22,23). The molecule has 23 heavy (non-hydrogen) atoms. The minimum atomic E-state index is -0.996. The molecule has 1 heterocycles. The van der Waals surface area contributed by atoms with Gasteiger partial charge in [-0.15, -0.1) is 0 Å². The van der Waals surface area contributed by atoms with Gasteiger partial charge in [0.25, 0.3) is 0 Å². The van der Waals surface area contributed by atoms with Crippen molar-refractivity contribution in [3.8, 4) is 0 Å². The summed E-state index contributed by atoms with van der Waals surface area (Å²) < 4.78 is 0. The van der Waals surface area contributed by atoms with E-state index in [-0.39, 0.29) is 11.3 Å². The molecule has 118 valence electrons. The summed E-state index contributed by atoms with van der Waals surface area (Å²) in [6, 6.07) is 13.2. The lowest BCUT2D eigenvalue weighted by molar-refractivity contribution is 0.0696. The van der Waals surface area contributed by atoms with Gasteiger partial charge in [0.05, 0.1) is 12.1 Å². The number of carbonyl (C=O) groups excluding carboxylic acids is 1. The molecule has 4 nitrogen and oxygen atoms in total. The van der Waals surface area contributed by atoms with Crippen LogP contribution in [0.4, 0.5) is 0 Å². The zero-order chi connectivity index (χ0) is 16.4. The number of hydrogen-bond donors (Lipinski definition) is 1. The Bertz CT molecular complexity index is 767. The van der Waals surface area contributed by atoms with Crippen LogP contribution in [-0.4, -0.2) is 34.8 Å². The summed E-state index contributed by atoms with van der Waals surface area (Å²) >= 11 is 0. The number of aromatic carboxylic acids is 1. The Labute approximate surface area is 135 Å². The molecule has 2 aromatic carbocycles. The first-order chi connectivity index (χ1) is 11.0. The van der Waals surface area contributed by atoms with Crippen LogP contribution in [0.5, 0.6) is 0 Å². The Kier molecular flexibility index (Phi) is 4.26. The van der Waals surface area contributed by atoms with Gasteiger partial charge < -0.3 is 5.11 Å². The second-order valence-electron chi connectivity index (χ2n) is 5.99. The first kappa shape index (κ1) is 15.4. The van der Waals surface area contributed by atoms with Gasteiger partial charge in [-0.25, -0.2) is 4.79 Å². The van der Waals surface area contributed by atoms with Crippen molar-refractivity contribution in [2.24, 2.45) is 0 Å². The Morgan fingerprint density at radius 2 is 1.87 bits per heavy atom. The molecule has 0 aliphatic carbocycles. The third-order valence-corrected chi connectivity index (χ3v) is 4.37. The van der Waals surface area contributed by atoms with Crippen LogP contribution in [0.15, 0.2) is 42.5 Å². The van der Waals surface area contributed by atoms with Crippen LogP contribution in [0.25, 0.3) is 0 Å². The van der Waals surface area contributed by atoms with Crippen molar-refractivity contribution in [2.45, 2.75) is 19.9 Å². The average molecular weight is 309 g/mol. The van der Waals surface area contributed by atoms with Gasteiger partial charge in [0.1, 0.15) is 0 Å². The first-order valence-corrected chi connectivity index (χ1v) is 7.71. The molecule has 1 aliphatic rings. The third-order valence-electron chi connectivity index (χ3n) is 4.37. The maximum absolute atomic E-state index is 12.5. The molecule has 0 bridgehead atoms. The van der Waals surface area contributed by atoms with Crippen molar-refractivity contribution in [1.29, 1.82) is 0 Å². The Morgan fingerprint density at radius 1 is 1.13 bits per heavy atom. The summed E-state index contributed by atoms with van der Waals surface area (Å²) in [6.45, 7) is 3.66. The molecule has 0 atom stereocenters. The van der Waals surface area contributed by atoms with Crippen LogP contribution in [0, 0.1) is 6.92 Å². The molecule has 0 aromatic heterocycles. The van der Waals surface area contributed by atoms with Gasteiger partial charge >= 0.3 is 5.97 Å². The van der Waals surface area contributed by atoms with Gasteiger partial charge in [-0.3, -0.25) is 9.69 Å². The number of benzene rings is 2. The molecular weight excluding hydrogens is 290 g/mol. The summed E-state index contributed by atoms with van der Waals surface area (Å²) in [6.07, 6.45) is 0.942. The van der Waals surface area contributed by atoms with E-state index in [0.717, 1.165) is 19.5 Å². The lowest BCUT2D eigenvalue weighted by Gasteiger charge is -2.28. The monoisotopic (exact) mass is 309 g/mol. The number of rotatable bonds is 4. The number of carboxylic acids is 1. The van der Waals surface area contributed by atoms with Gasteiger partial charge in [0.15, 0.2) is 5.78 Å². The number of hydrogen-bond acceptors (Lipinski definition) is 3. The molecule has 0 saturated heterocycles. The number of ketones is 1. The maximum atomic E-state index is 12.5. The fourth-order valence-electron chi connectivity index (χ4n) is 3.01. The fourth-order valence-corrected chi connectivity index (χ4v) is 3.01. The van der Waals surface area contributed by atoms with E-state index in [1.165, 1.54) is 17.2 Å². The first-order valence-electron chi connectivity index (χ1n) is 7.71.